The van der Waals surface area contributed by atoms with Crippen LogP contribution in [0.2, 0.25) is 0 Å². The molecule has 2 aromatic rings. The minimum Gasteiger partial charge on any atom is -0.481 e. The quantitative estimate of drug-likeness (QED) is 0.611. The number of hydrogen-bond acceptors (Lipinski definition) is 5. The number of methoxy groups -OCH3 is 1. The van der Waals surface area contributed by atoms with Crippen molar-refractivity contribution in [3.05, 3.63) is 54.0 Å². The van der Waals surface area contributed by atoms with Crippen LogP contribution in [0, 0.1) is 0 Å². The zero-order valence-corrected chi connectivity index (χ0v) is 10.2. The fourth-order valence-electron chi connectivity index (χ4n) is 1.74. The normalized spacial score (nSPS) is 12.1. The first kappa shape index (κ1) is 12.5. The van der Waals surface area contributed by atoms with Crippen LogP contribution in [0.15, 0.2) is 42.9 Å². The van der Waals surface area contributed by atoms with E-state index in [-0.39, 0.29) is 6.04 Å². The lowest BCUT2D eigenvalue weighted by Gasteiger charge is -2.15. The highest BCUT2D eigenvalue weighted by atomic mass is 16.5. The van der Waals surface area contributed by atoms with E-state index in [1.165, 1.54) is 0 Å². The molecule has 5 nitrogen and oxygen atoms in total. The molecule has 0 aliphatic carbocycles. The number of hydrogen-bond donors (Lipinski definition) is 2. The third-order valence-electron chi connectivity index (χ3n) is 2.73. The maximum absolute atomic E-state index is 5.59. The summed E-state index contributed by atoms with van der Waals surface area (Å²) in [5.41, 5.74) is 4.93. The maximum Gasteiger partial charge on any atom is 0.212 e. The topological polar surface area (TPSA) is 73.1 Å². The molecular weight excluding hydrogens is 228 g/mol. The van der Waals surface area contributed by atoms with Gasteiger partial charge in [-0.15, -0.1) is 0 Å². The first-order valence-electron chi connectivity index (χ1n) is 5.68. The molecule has 0 aromatic carbocycles. The highest BCUT2D eigenvalue weighted by molar-refractivity contribution is 5.22. The van der Waals surface area contributed by atoms with Crippen molar-refractivity contribution in [1.82, 2.24) is 15.4 Å². The van der Waals surface area contributed by atoms with Crippen LogP contribution in [0.5, 0.6) is 5.88 Å². The monoisotopic (exact) mass is 244 g/mol. The third-order valence-corrected chi connectivity index (χ3v) is 2.73. The van der Waals surface area contributed by atoms with Gasteiger partial charge in [-0.25, -0.2) is 4.98 Å². The number of nitrogens with two attached hydrogens (primary N) is 1. The SMILES string of the molecule is COc1ccc(CC(NN)c2cccnc2)cn1. The predicted molar refractivity (Wildman–Crippen MR) is 68.8 cm³/mol. The van der Waals surface area contributed by atoms with Crippen molar-refractivity contribution in [2.45, 2.75) is 12.5 Å². The summed E-state index contributed by atoms with van der Waals surface area (Å²) >= 11 is 0. The van der Waals surface area contributed by atoms with E-state index in [1.807, 2.05) is 30.5 Å². The summed E-state index contributed by atoms with van der Waals surface area (Å²) in [7, 11) is 1.60. The molecule has 2 heterocycles. The lowest BCUT2D eigenvalue weighted by Crippen LogP contribution is -2.29. The Kier molecular flexibility index (Phi) is 4.22. The molecule has 2 rings (SSSR count). The Bertz CT molecular complexity index is 472. The molecular formula is C13H16N4O. The van der Waals surface area contributed by atoms with Gasteiger partial charge in [0, 0.05) is 24.7 Å². The molecule has 1 atom stereocenters. The summed E-state index contributed by atoms with van der Waals surface area (Å²) in [4.78, 5) is 8.26. The number of nitrogens with zero attached hydrogens (tertiary/aromatic N) is 2. The number of ether oxygens (including phenoxy) is 1. The van der Waals surface area contributed by atoms with Crippen LogP contribution >= 0.6 is 0 Å². The minimum atomic E-state index is 0.0221. The number of nitrogens with one attached hydrogen (secondary N) is 1. The molecule has 0 spiro atoms. The Morgan fingerprint density at radius 3 is 2.78 bits per heavy atom. The van der Waals surface area contributed by atoms with Gasteiger partial charge in [-0.2, -0.15) is 0 Å². The number of rotatable bonds is 5. The van der Waals surface area contributed by atoms with E-state index < -0.39 is 0 Å². The van der Waals surface area contributed by atoms with Gasteiger partial charge < -0.3 is 4.74 Å². The zero-order valence-electron chi connectivity index (χ0n) is 10.2. The lowest BCUT2D eigenvalue weighted by molar-refractivity contribution is 0.397. The summed E-state index contributed by atoms with van der Waals surface area (Å²) in [5.74, 6) is 6.19. The maximum atomic E-state index is 5.59. The molecule has 3 N–H and O–H groups in total. The predicted octanol–water partition coefficient (Wildman–Crippen LogP) is 1.23. The molecule has 1 unspecified atom stereocenters. The standard InChI is InChI=1S/C13H16N4O/c1-18-13-5-4-10(8-16-13)7-12(17-14)11-3-2-6-15-9-11/h2-6,8-9,12,17H,7,14H2,1H3. The second kappa shape index (κ2) is 6.09. The molecule has 0 saturated carbocycles. The third kappa shape index (κ3) is 3.03. The minimum absolute atomic E-state index is 0.0221. The van der Waals surface area contributed by atoms with Gasteiger partial charge in [-0.3, -0.25) is 16.3 Å². The van der Waals surface area contributed by atoms with Gasteiger partial charge in [-0.05, 0) is 23.6 Å². The first-order chi connectivity index (χ1) is 8.83. The van der Waals surface area contributed by atoms with Crippen LogP contribution in [-0.2, 0) is 6.42 Å². The van der Waals surface area contributed by atoms with Crippen molar-refractivity contribution in [1.29, 1.82) is 0 Å². The second-order valence-electron chi connectivity index (χ2n) is 3.92. The number of hydrazine groups is 1. The summed E-state index contributed by atoms with van der Waals surface area (Å²) in [6, 6.07) is 7.73. The fraction of sp³-hybridized carbons (Fsp3) is 0.231. The summed E-state index contributed by atoms with van der Waals surface area (Å²) in [6.45, 7) is 0. The van der Waals surface area contributed by atoms with E-state index in [2.05, 4.69) is 15.4 Å². The van der Waals surface area contributed by atoms with Gasteiger partial charge in [0.25, 0.3) is 0 Å². The molecule has 94 valence electrons. The van der Waals surface area contributed by atoms with Crippen molar-refractivity contribution in [3.63, 3.8) is 0 Å². The van der Waals surface area contributed by atoms with Crippen molar-refractivity contribution < 1.29 is 4.74 Å². The van der Waals surface area contributed by atoms with Crippen LogP contribution in [-0.4, -0.2) is 17.1 Å². The summed E-state index contributed by atoms with van der Waals surface area (Å²) in [6.07, 6.45) is 6.09. The van der Waals surface area contributed by atoms with Gasteiger partial charge in [-0.1, -0.05) is 12.1 Å². The molecule has 0 aliphatic rings. The molecule has 0 radical (unpaired) electrons. The van der Waals surface area contributed by atoms with Crippen LogP contribution in [0.25, 0.3) is 0 Å². The van der Waals surface area contributed by atoms with E-state index in [0.29, 0.717) is 5.88 Å². The van der Waals surface area contributed by atoms with Crippen LogP contribution in [0.4, 0.5) is 0 Å². The Morgan fingerprint density at radius 2 is 2.22 bits per heavy atom. The largest absolute Gasteiger partial charge is 0.481 e. The van der Waals surface area contributed by atoms with E-state index in [1.54, 1.807) is 19.5 Å². The molecule has 5 heteroatoms. The lowest BCUT2D eigenvalue weighted by atomic mass is 10.0. The smallest absolute Gasteiger partial charge is 0.212 e. The Labute approximate surface area is 106 Å². The molecule has 2 aromatic heterocycles. The van der Waals surface area contributed by atoms with Gasteiger partial charge in [0.05, 0.1) is 13.2 Å². The summed E-state index contributed by atoms with van der Waals surface area (Å²) < 4.78 is 5.02. The Morgan fingerprint density at radius 1 is 1.33 bits per heavy atom. The molecule has 0 amide bonds. The average Bonchev–Trinajstić information content (AvgIpc) is 2.46. The van der Waals surface area contributed by atoms with Gasteiger partial charge in [0.2, 0.25) is 5.88 Å². The molecule has 0 saturated heterocycles. The van der Waals surface area contributed by atoms with Gasteiger partial charge in [0.15, 0.2) is 0 Å². The zero-order chi connectivity index (χ0) is 12.8. The van der Waals surface area contributed by atoms with Crippen molar-refractivity contribution >= 4 is 0 Å². The number of pyridine rings is 2. The molecule has 0 aliphatic heterocycles. The summed E-state index contributed by atoms with van der Waals surface area (Å²) in [5, 5.41) is 0. The Hall–Kier alpha value is -1.98. The second-order valence-corrected chi connectivity index (χ2v) is 3.92. The number of aromatic nitrogens is 2. The Balaban J connectivity index is 2.10. The van der Waals surface area contributed by atoms with Crippen molar-refractivity contribution in [2.24, 2.45) is 5.84 Å². The van der Waals surface area contributed by atoms with Crippen LogP contribution in [0.3, 0.4) is 0 Å². The average molecular weight is 244 g/mol. The molecule has 18 heavy (non-hydrogen) atoms. The van der Waals surface area contributed by atoms with E-state index in [9.17, 15) is 0 Å². The van der Waals surface area contributed by atoms with E-state index in [0.717, 1.165) is 17.5 Å². The van der Waals surface area contributed by atoms with Gasteiger partial charge >= 0.3 is 0 Å². The molecule has 0 bridgehead atoms. The van der Waals surface area contributed by atoms with E-state index >= 15 is 0 Å². The van der Waals surface area contributed by atoms with E-state index in [4.69, 9.17) is 10.6 Å². The van der Waals surface area contributed by atoms with Crippen molar-refractivity contribution in [3.8, 4) is 5.88 Å². The van der Waals surface area contributed by atoms with Crippen molar-refractivity contribution in [2.75, 3.05) is 7.11 Å². The van der Waals surface area contributed by atoms with Gasteiger partial charge in [0.1, 0.15) is 0 Å². The highest BCUT2D eigenvalue weighted by Gasteiger charge is 2.10. The first-order valence-corrected chi connectivity index (χ1v) is 5.68. The molecule has 0 fully saturated rings. The fourth-order valence-corrected chi connectivity index (χ4v) is 1.74. The van der Waals surface area contributed by atoms with Crippen LogP contribution < -0.4 is 16.0 Å². The van der Waals surface area contributed by atoms with Crippen LogP contribution in [0.1, 0.15) is 17.2 Å². The highest BCUT2D eigenvalue weighted by Crippen LogP contribution is 2.17.